The first-order valence-electron chi connectivity index (χ1n) is 6.78. The lowest BCUT2D eigenvalue weighted by Gasteiger charge is -2.34. The van der Waals surface area contributed by atoms with E-state index >= 15 is 0 Å². The molecule has 1 saturated heterocycles. The van der Waals surface area contributed by atoms with Crippen molar-refractivity contribution in [2.75, 3.05) is 34.2 Å². The second kappa shape index (κ2) is 6.36. The average Bonchev–Trinajstić information content (AvgIpc) is 2.78. The fourth-order valence-electron chi connectivity index (χ4n) is 2.62. The zero-order chi connectivity index (χ0) is 13.0. The van der Waals surface area contributed by atoms with Crippen molar-refractivity contribution >= 4 is 0 Å². The Labute approximate surface area is 110 Å². The minimum Gasteiger partial charge on any atom is -0.468 e. The number of hydrogen-bond acceptors (Lipinski definition) is 4. The molecule has 1 aliphatic heterocycles. The normalized spacial score (nSPS) is 18.7. The summed E-state index contributed by atoms with van der Waals surface area (Å²) in [6.07, 6.45) is 4.38. The molecule has 1 aromatic rings. The Morgan fingerprint density at radius 1 is 1.39 bits per heavy atom. The third kappa shape index (κ3) is 3.57. The van der Waals surface area contributed by atoms with Gasteiger partial charge in [-0.05, 0) is 40.1 Å². The quantitative estimate of drug-likeness (QED) is 0.860. The molecular weight excluding hydrogens is 226 g/mol. The molecule has 0 unspecified atom stereocenters. The maximum atomic E-state index is 5.60. The van der Waals surface area contributed by atoms with Crippen LogP contribution in [-0.4, -0.2) is 50.1 Å². The first-order chi connectivity index (χ1) is 8.69. The predicted molar refractivity (Wildman–Crippen MR) is 73.5 cm³/mol. The van der Waals surface area contributed by atoms with Gasteiger partial charge in [0, 0.05) is 31.2 Å². The van der Waals surface area contributed by atoms with E-state index in [-0.39, 0.29) is 0 Å². The van der Waals surface area contributed by atoms with Crippen LogP contribution in [0.2, 0.25) is 0 Å². The summed E-state index contributed by atoms with van der Waals surface area (Å²) < 4.78 is 5.60. The molecule has 2 rings (SSSR count). The molecule has 0 spiro atoms. The van der Waals surface area contributed by atoms with Gasteiger partial charge >= 0.3 is 0 Å². The van der Waals surface area contributed by atoms with Gasteiger partial charge in [0.2, 0.25) is 0 Å². The second-order valence-corrected chi connectivity index (χ2v) is 5.42. The van der Waals surface area contributed by atoms with Gasteiger partial charge in [0.05, 0.1) is 12.8 Å². The van der Waals surface area contributed by atoms with Gasteiger partial charge in [0.15, 0.2) is 0 Å². The molecule has 102 valence electrons. The Hall–Kier alpha value is -0.840. The largest absolute Gasteiger partial charge is 0.468 e. The average molecular weight is 251 g/mol. The van der Waals surface area contributed by atoms with Crippen molar-refractivity contribution in [3.8, 4) is 0 Å². The van der Waals surface area contributed by atoms with E-state index in [0.717, 1.165) is 24.9 Å². The number of rotatable bonds is 5. The van der Waals surface area contributed by atoms with Crippen LogP contribution >= 0.6 is 0 Å². The first kappa shape index (κ1) is 13.6. The van der Waals surface area contributed by atoms with E-state index in [4.69, 9.17) is 4.42 Å². The number of piperidine rings is 1. The molecule has 0 aromatic carbocycles. The summed E-state index contributed by atoms with van der Waals surface area (Å²) in [6, 6.07) is 2.91. The van der Waals surface area contributed by atoms with Crippen molar-refractivity contribution in [3.63, 3.8) is 0 Å². The van der Waals surface area contributed by atoms with E-state index in [9.17, 15) is 0 Å². The SMILES string of the molecule is CNCc1coc(CN2CCC(N(C)C)CC2)c1. The smallest absolute Gasteiger partial charge is 0.118 e. The Balaban J connectivity index is 1.80. The molecule has 18 heavy (non-hydrogen) atoms. The molecule has 4 heteroatoms. The van der Waals surface area contributed by atoms with Crippen molar-refractivity contribution in [2.24, 2.45) is 0 Å². The zero-order valence-corrected chi connectivity index (χ0v) is 11.8. The summed E-state index contributed by atoms with van der Waals surface area (Å²) in [5.74, 6) is 1.09. The molecule has 0 atom stereocenters. The van der Waals surface area contributed by atoms with Crippen LogP contribution in [0, 0.1) is 0 Å². The van der Waals surface area contributed by atoms with Crippen molar-refractivity contribution in [1.29, 1.82) is 0 Å². The van der Waals surface area contributed by atoms with Crippen LogP contribution in [-0.2, 0) is 13.1 Å². The Bertz CT molecular complexity index is 354. The van der Waals surface area contributed by atoms with Crippen molar-refractivity contribution in [1.82, 2.24) is 15.1 Å². The summed E-state index contributed by atoms with van der Waals surface area (Å²) in [6.45, 7) is 4.17. The van der Waals surface area contributed by atoms with Crippen LogP contribution in [0.5, 0.6) is 0 Å². The molecule has 0 radical (unpaired) electrons. The Morgan fingerprint density at radius 2 is 2.11 bits per heavy atom. The lowest BCUT2D eigenvalue weighted by molar-refractivity contribution is 0.133. The van der Waals surface area contributed by atoms with E-state index in [2.05, 4.69) is 35.3 Å². The monoisotopic (exact) mass is 251 g/mol. The lowest BCUT2D eigenvalue weighted by atomic mass is 10.0. The molecule has 1 aromatic heterocycles. The molecule has 1 aliphatic rings. The predicted octanol–water partition coefficient (Wildman–Crippen LogP) is 1.52. The van der Waals surface area contributed by atoms with E-state index in [1.807, 2.05) is 13.3 Å². The maximum absolute atomic E-state index is 5.60. The highest BCUT2D eigenvalue weighted by molar-refractivity contribution is 5.12. The number of nitrogens with zero attached hydrogens (tertiary/aromatic N) is 2. The van der Waals surface area contributed by atoms with E-state index in [1.54, 1.807) is 0 Å². The van der Waals surface area contributed by atoms with Crippen molar-refractivity contribution < 1.29 is 4.42 Å². The number of likely N-dealkylation sites (tertiary alicyclic amines) is 1. The van der Waals surface area contributed by atoms with Crippen LogP contribution in [0.4, 0.5) is 0 Å². The maximum Gasteiger partial charge on any atom is 0.118 e. The zero-order valence-electron chi connectivity index (χ0n) is 11.8. The van der Waals surface area contributed by atoms with E-state index < -0.39 is 0 Å². The summed E-state index contributed by atoms with van der Waals surface area (Å²) in [7, 11) is 6.31. The molecular formula is C14H25N3O. The third-order valence-corrected chi connectivity index (χ3v) is 3.76. The summed E-state index contributed by atoms with van der Waals surface area (Å²) in [5, 5.41) is 3.14. The molecule has 0 saturated carbocycles. The minimum absolute atomic E-state index is 0.748. The van der Waals surface area contributed by atoms with Crippen LogP contribution in [0.25, 0.3) is 0 Å². The van der Waals surface area contributed by atoms with Gasteiger partial charge in [-0.2, -0.15) is 0 Å². The van der Waals surface area contributed by atoms with Gasteiger partial charge in [-0.1, -0.05) is 0 Å². The number of furan rings is 1. The Kier molecular flexibility index (Phi) is 4.80. The molecule has 2 heterocycles. The number of hydrogen-bond donors (Lipinski definition) is 1. The summed E-state index contributed by atoms with van der Waals surface area (Å²) in [4.78, 5) is 4.83. The molecule has 0 aliphatic carbocycles. The minimum atomic E-state index is 0.748. The molecule has 1 fully saturated rings. The van der Waals surface area contributed by atoms with Crippen molar-refractivity contribution in [2.45, 2.75) is 32.0 Å². The lowest BCUT2D eigenvalue weighted by Crippen LogP contribution is -2.41. The van der Waals surface area contributed by atoms with E-state index in [0.29, 0.717) is 0 Å². The highest BCUT2D eigenvalue weighted by Crippen LogP contribution is 2.17. The van der Waals surface area contributed by atoms with Gasteiger partial charge in [-0.3, -0.25) is 4.90 Å². The van der Waals surface area contributed by atoms with E-state index in [1.165, 1.54) is 31.5 Å². The van der Waals surface area contributed by atoms with Crippen LogP contribution in [0.3, 0.4) is 0 Å². The van der Waals surface area contributed by atoms with Gasteiger partial charge < -0.3 is 14.6 Å². The highest BCUT2D eigenvalue weighted by atomic mass is 16.3. The molecule has 1 N–H and O–H groups in total. The third-order valence-electron chi connectivity index (χ3n) is 3.76. The summed E-state index contributed by atoms with van der Waals surface area (Å²) >= 11 is 0. The first-order valence-corrected chi connectivity index (χ1v) is 6.78. The van der Waals surface area contributed by atoms with Gasteiger partial charge in [-0.15, -0.1) is 0 Å². The van der Waals surface area contributed by atoms with Crippen LogP contribution in [0.15, 0.2) is 16.7 Å². The van der Waals surface area contributed by atoms with Gasteiger partial charge in [-0.25, -0.2) is 0 Å². The fourth-order valence-corrected chi connectivity index (χ4v) is 2.62. The molecule has 4 nitrogen and oxygen atoms in total. The van der Waals surface area contributed by atoms with Gasteiger partial charge in [0.25, 0.3) is 0 Å². The fraction of sp³-hybridized carbons (Fsp3) is 0.714. The number of nitrogens with one attached hydrogen (secondary N) is 1. The Morgan fingerprint density at radius 3 is 2.72 bits per heavy atom. The summed E-state index contributed by atoms with van der Waals surface area (Å²) in [5.41, 5.74) is 1.23. The highest BCUT2D eigenvalue weighted by Gasteiger charge is 2.21. The van der Waals surface area contributed by atoms with Crippen molar-refractivity contribution in [3.05, 3.63) is 23.7 Å². The molecule has 0 bridgehead atoms. The van der Waals surface area contributed by atoms with Crippen LogP contribution in [0.1, 0.15) is 24.2 Å². The standard InChI is InChI=1S/C14H25N3O/c1-15-9-12-8-14(18-11-12)10-17-6-4-13(5-7-17)16(2)3/h8,11,13,15H,4-7,9-10H2,1-3H3. The molecule has 0 amide bonds. The van der Waals surface area contributed by atoms with Gasteiger partial charge in [0.1, 0.15) is 5.76 Å². The van der Waals surface area contributed by atoms with Crippen LogP contribution < -0.4 is 5.32 Å². The topological polar surface area (TPSA) is 31.7 Å². The second-order valence-electron chi connectivity index (χ2n) is 5.42.